The average Bonchev–Trinajstić information content (AvgIpc) is 2.86. The molecular formula is C15H20N2O3. The number of urea groups is 1. The van der Waals surface area contributed by atoms with Gasteiger partial charge < -0.3 is 15.3 Å². The molecule has 0 bridgehead atoms. The van der Waals surface area contributed by atoms with Crippen LogP contribution in [0.4, 0.5) is 10.5 Å². The van der Waals surface area contributed by atoms with E-state index in [2.05, 4.69) is 5.32 Å². The Hall–Kier alpha value is -2.04. The van der Waals surface area contributed by atoms with Crippen LogP contribution in [0, 0.1) is 6.92 Å². The molecule has 1 aliphatic rings. The topological polar surface area (TPSA) is 69.6 Å². The third kappa shape index (κ3) is 2.48. The highest BCUT2D eigenvalue weighted by atomic mass is 16.4. The van der Waals surface area contributed by atoms with Crippen LogP contribution in [0.1, 0.15) is 31.7 Å². The fourth-order valence-corrected chi connectivity index (χ4v) is 2.74. The molecule has 2 amide bonds. The molecule has 2 rings (SSSR count). The molecule has 1 fully saturated rings. The van der Waals surface area contributed by atoms with Crippen molar-refractivity contribution < 1.29 is 14.7 Å². The number of likely N-dealkylation sites (tertiary alicyclic amines) is 1. The second-order valence-corrected chi connectivity index (χ2v) is 5.24. The van der Waals surface area contributed by atoms with Crippen LogP contribution in [-0.2, 0) is 4.79 Å². The maximum Gasteiger partial charge on any atom is 0.329 e. The summed E-state index contributed by atoms with van der Waals surface area (Å²) in [6.45, 7) is 4.27. The minimum Gasteiger partial charge on any atom is -0.479 e. The van der Waals surface area contributed by atoms with E-state index in [1.165, 1.54) is 4.90 Å². The molecule has 1 saturated heterocycles. The van der Waals surface area contributed by atoms with E-state index in [1.807, 2.05) is 38.1 Å². The largest absolute Gasteiger partial charge is 0.479 e. The van der Waals surface area contributed by atoms with E-state index in [-0.39, 0.29) is 6.03 Å². The minimum atomic E-state index is -1.06. The first kappa shape index (κ1) is 14.4. The van der Waals surface area contributed by atoms with Gasteiger partial charge >= 0.3 is 12.0 Å². The van der Waals surface area contributed by atoms with Crippen molar-refractivity contribution in [3.63, 3.8) is 0 Å². The van der Waals surface area contributed by atoms with Gasteiger partial charge in [-0.25, -0.2) is 9.59 Å². The Bertz CT molecular complexity index is 512. The zero-order valence-electron chi connectivity index (χ0n) is 11.8. The molecule has 0 spiro atoms. The summed E-state index contributed by atoms with van der Waals surface area (Å²) in [4.78, 5) is 25.3. The average molecular weight is 276 g/mol. The molecule has 1 aliphatic heterocycles. The number of carbonyl (C=O) groups excluding carboxylic acids is 1. The van der Waals surface area contributed by atoms with Crippen LogP contribution < -0.4 is 5.32 Å². The Morgan fingerprint density at radius 3 is 2.55 bits per heavy atom. The quantitative estimate of drug-likeness (QED) is 0.891. The third-order valence-corrected chi connectivity index (χ3v) is 4.02. The first-order valence-corrected chi connectivity index (χ1v) is 6.88. The van der Waals surface area contributed by atoms with Crippen molar-refractivity contribution in [1.29, 1.82) is 0 Å². The lowest BCUT2D eigenvalue weighted by atomic mass is 9.93. The molecule has 1 unspecified atom stereocenters. The maximum atomic E-state index is 12.3. The number of nitrogens with one attached hydrogen (secondary N) is 1. The monoisotopic (exact) mass is 276 g/mol. The second kappa shape index (κ2) is 5.53. The summed E-state index contributed by atoms with van der Waals surface area (Å²) in [5, 5.41) is 12.2. The third-order valence-electron chi connectivity index (χ3n) is 4.02. The number of aliphatic carboxylic acids is 1. The molecular weight excluding hydrogens is 256 g/mol. The first-order valence-electron chi connectivity index (χ1n) is 6.88. The van der Waals surface area contributed by atoms with E-state index >= 15 is 0 Å². The summed E-state index contributed by atoms with van der Waals surface area (Å²) >= 11 is 0. The van der Waals surface area contributed by atoms with Crippen molar-refractivity contribution in [3.8, 4) is 0 Å². The highest BCUT2D eigenvalue weighted by Gasteiger charge is 2.48. The zero-order chi connectivity index (χ0) is 14.8. The summed E-state index contributed by atoms with van der Waals surface area (Å²) in [6.07, 6.45) is 1.66. The molecule has 5 nitrogen and oxygen atoms in total. The van der Waals surface area contributed by atoms with E-state index in [0.717, 1.165) is 12.0 Å². The normalized spacial score (nSPS) is 21.8. The van der Waals surface area contributed by atoms with Crippen LogP contribution in [0.3, 0.4) is 0 Å². The number of aryl methyl sites for hydroxylation is 1. The number of nitrogens with zero attached hydrogens (tertiary/aromatic N) is 1. The maximum absolute atomic E-state index is 12.3. The van der Waals surface area contributed by atoms with Gasteiger partial charge in [0.2, 0.25) is 0 Å². The van der Waals surface area contributed by atoms with Gasteiger partial charge in [0.05, 0.1) is 0 Å². The summed E-state index contributed by atoms with van der Waals surface area (Å²) in [5.41, 5.74) is 0.731. The number of hydrogen-bond acceptors (Lipinski definition) is 2. The number of amides is 2. The Labute approximate surface area is 118 Å². The van der Waals surface area contributed by atoms with Crippen molar-refractivity contribution in [2.75, 3.05) is 11.9 Å². The predicted molar refractivity (Wildman–Crippen MR) is 76.8 cm³/mol. The number of anilines is 1. The molecule has 1 heterocycles. The summed E-state index contributed by atoms with van der Waals surface area (Å²) in [6, 6.07) is 7.11. The highest BCUT2D eigenvalue weighted by Crippen LogP contribution is 2.33. The lowest BCUT2D eigenvalue weighted by Gasteiger charge is -2.33. The molecule has 2 N–H and O–H groups in total. The molecule has 1 atom stereocenters. The molecule has 0 saturated carbocycles. The van der Waals surface area contributed by atoms with Gasteiger partial charge in [-0.15, -0.1) is 0 Å². The van der Waals surface area contributed by atoms with Crippen molar-refractivity contribution in [2.24, 2.45) is 0 Å². The van der Waals surface area contributed by atoms with Crippen molar-refractivity contribution in [3.05, 3.63) is 29.8 Å². The van der Waals surface area contributed by atoms with Gasteiger partial charge in [0, 0.05) is 12.2 Å². The molecule has 108 valence electrons. The van der Waals surface area contributed by atoms with Crippen molar-refractivity contribution in [1.82, 2.24) is 4.90 Å². The van der Waals surface area contributed by atoms with E-state index in [1.54, 1.807) is 0 Å². The van der Waals surface area contributed by atoms with Gasteiger partial charge in [-0.1, -0.05) is 24.6 Å². The number of benzene rings is 1. The number of carboxylic acid groups (broad SMARTS) is 1. The number of carboxylic acids is 1. The van der Waals surface area contributed by atoms with Gasteiger partial charge in [-0.2, -0.15) is 0 Å². The van der Waals surface area contributed by atoms with Gasteiger partial charge in [0.15, 0.2) is 0 Å². The van der Waals surface area contributed by atoms with Crippen LogP contribution >= 0.6 is 0 Å². The Kier molecular flexibility index (Phi) is 3.97. The van der Waals surface area contributed by atoms with Crippen LogP contribution in [0.5, 0.6) is 0 Å². The molecule has 5 heteroatoms. The Morgan fingerprint density at radius 1 is 1.35 bits per heavy atom. The van der Waals surface area contributed by atoms with Gasteiger partial charge in [-0.05, 0) is 38.3 Å². The van der Waals surface area contributed by atoms with Crippen LogP contribution in [0.2, 0.25) is 0 Å². The van der Waals surface area contributed by atoms with E-state index < -0.39 is 11.5 Å². The lowest BCUT2D eigenvalue weighted by Crippen LogP contribution is -2.54. The number of hydrogen-bond donors (Lipinski definition) is 2. The summed E-state index contributed by atoms with van der Waals surface area (Å²) in [5.74, 6) is -0.920. The van der Waals surface area contributed by atoms with E-state index in [9.17, 15) is 14.7 Å². The fraction of sp³-hybridized carbons (Fsp3) is 0.467. The van der Waals surface area contributed by atoms with E-state index in [4.69, 9.17) is 0 Å². The number of rotatable bonds is 3. The smallest absolute Gasteiger partial charge is 0.329 e. The van der Waals surface area contributed by atoms with Crippen LogP contribution in [-0.4, -0.2) is 34.1 Å². The minimum absolute atomic E-state index is 0.337. The standard InChI is InChI=1S/C15H20N2O3/c1-3-15(13(18)19)9-4-10-17(15)14(20)16-12-7-5-11(2)6-8-12/h5-8H,3-4,9-10H2,1-2H3,(H,16,20)(H,18,19). The van der Waals surface area contributed by atoms with Crippen molar-refractivity contribution >= 4 is 17.7 Å². The van der Waals surface area contributed by atoms with Crippen LogP contribution in [0.25, 0.3) is 0 Å². The molecule has 20 heavy (non-hydrogen) atoms. The summed E-state index contributed by atoms with van der Waals surface area (Å²) in [7, 11) is 0. The zero-order valence-corrected chi connectivity index (χ0v) is 11.8. The molecule has 0 radical (unpaired) electrons. The second-order valence-electron chi connectivity index (χ2n) is 5.24. The number of carbonyl (C=O) groups is 2. The van der Waals surface area contributed by atoms with E-state index in [0.29, 0.717) is 25.1 Å². The Balaban J connectivity index is 2.15. The van der Waals surface area contributed by atoms with Gasteiger partial charge in [0.25, 0.3) is 0 Å². The molecule has 0 aliphatic carbocycles. The lowest BCUT2D eigenvalue weighted by molar-refractivity contribution is -0.148. The van der Waals surface area contributed by atoms with Crippen LogP contribution in [0.15, 0.2) is 24.3 Å². The van der Waals surface area contributed by atoms with Gasteiger partial charge in [-0.3, -0.25) is 0 Å². The van der Waals surface area contributed by atoms with Crippen molar-refractivity contribution in [2.45, 2.75) is 38.6 Å². The molecule has 1 aromatic rings. The summed E-state index contributed by atoms with van der Waals surface area (Å²) < 4.78 is 0. The highest BCUT2D eigenvalue weighted by molar-refractivity contribution is 5.94. The predicted octanol–water partition coefficient (Wildman–Crippen LogP) is 2.86. The Morgan fingerprint density at radius 2 is 2.00 bits per heavy atom. The first-order chi connectivity index (χ1) is 9.49. The molecule has 1 aromatic carbocycles. The molecule has 0 aromatic heterocycles. The fourth-order valence-electron chi connectivity index (χ4n) is 2.74. The SMILES string of the molecule is CCC1(C(=O)O)CCCN1C(=O)Nc1ccc(C)cc1. The van der Waals surface area contributed by atoms with Gasteiger partial charge in [0.1, 0.15) is 5.54 Å².